The summed E-state index contributed by atoms with van der Waals surface area (Å²) >= 11 is 0. The normalized spacial score (nSPS) is 29.0. The molecule has 54 heavy (non-hydrogen) atoms. The van der Waals surface area contributed by atoms with Crippen molar-refractivity contribution in [2.45, 2.75) is 141 Å². The maximum atomic E-state index is 14.4. The quantitative estimate of drug-likeness (QED) is 0.188. The molecule has 300 valence electrons. The van der Waals surface area contributed by atoms with E-state index >= 15 is 0 Å². The van der Waals surface area contributed by atoms with E-state index in [1.807, 2.05) is 34.6 Å². The van der Waals surface area contributed by atoms with Crippen LogP contribution in [0.25, 0.3) is 0 Å². The third-order valence-corrected chi connectivity index (χ3v) is 10.1. The van der Waals surface area contributed by atoms with Crippen LogP contribution in [-0.4, -0.2) is 129 Å². The number of benzene rings is 1. The lowest BCUT2D eigenvalue weighted by molar-refractivity contribution is -0.143. The van der Waals surface area contributed by atoms with E-state index in [1.165, 1.54) is 24.0 Å². The van der Waals surface area contributed by atoms with Gasteiger partial charge in [0.15, 0.2) is 0 Å². The number of hydrogen-bond acceptors (Lipinski definition) is 10. The lowest BCUT2D eigenvalue weighted by Crippen LogP contribution is -2.65. The first kappa shape index (κ1) is 42.5. The van der Waals surface area contributed by atoms with E-state index in [0.29, 0.717) is 44.2 Å². The van der Waals surface area contributed by atoms with E-state index < -0.39 is 89.4 Å². The van der Waals surface area contributed by atoms with Gasteiger partial charge in [0.25, 0.3) is 0 Å². The number of aromatic hydroxyl groups is 1. The van der Waals surface area contributed by atoms with E-state index in [1.54, 1.807) is 24.0 Å². The number of phenolic OH excluding ortho intramolecular Hbond substituents is 1. The van der Waals surface area contributed by atoms with Crippen molar-refractivity contribution >= 4 is 35.4 Å². The molecular formula is C38H60N8O8. The fourth-order valence-corrected chi connectivity index (χ4v) is 7.57. The number of aliphatic hydroxyl groups excluding tert-OH is 1. The third-order valence-electron chi connectivity index (χ3n) is 10.1. The molecule has 16 nitrogen and oxygen atoms in total. The summed E-state index contributed by atoms with van der Waals surface area (Å²) in [6.07, 6.45) is 1.02. The summed E-state index contributed by atoms with van der Waals surface area (Å²) in [7, 11) is 0. The Bertz CT molecular complexity index is 1510. The first-order valence-corrected chi connectivity index (χ1v) is 19.1. The number of carbonyl (C=O) groups is 6. The molecule has 0 aromatic heterocycles. The van der Waals surface area contributed by atoms with Crippen molar-refractivity contribution in [1.82, 2.24) is 41.7 Å². The molecule has 6 amide bonds. The monoisotopic (exact) mass is 756 g/mol. The largest absolute Gasteiger partial charge is 0.508 e. The van der Waals surface area contributed by atoms with Crippen molar-refractivity contribution in [3.8, 4) is 5.75 Å². The van der Waals surface area contributed by atoms with Gasteiger partial charge in [-0.25, -0.2) is 0 Å². The summed E-state index contributed by atoms with van der Waals surface area (Å²) in [6.45, 7) is 12.8. The standard InChI is InChI=1S/C38H60N8O8/c1-21(2)18-26-32(49)40-20-39-30(23(4)47)35(52)41-22(3)31(36(53)44-38(5,6)7)45-16-8-10-28(45)33(50)43-27(19-24-12-14-25(48)15-13-24)37(54)46-17-9-11-29(46)34(51)42-26/h12-15,21-23,26-31,39,47-48H,8-11,16-20H2,1-7H3,(H,40,49)(H,41,52)(H,42,51)(H,43,50)(H,44,53)/t22-,23+,26-,27-,28-,29+,30-,31-/m0/s1. The molecule has 0 bridgehead atoms. The number of rotatable bonds is 6. The van der Waals surface area contributed by atoms with Gasteiger partial charge < -0.3 is 41.7 Å². The van der Waals surface area contributed by atoms with Crippen LogP contribution in [0.5, 0.6) is 5.75 Å². The van der Waals surface area contributed by atoms with Crippen LogP contribution in [0.1, 0.15) is 86.1 Å². The highest BCUT2D eigenvalue weighted by Crippen LogP contribution is 2.25. The van der Waals surface area contributed by atoms with Crippen molar-refractivity contribution in [2.24, 2.45) is 5.92 Å². The molecule has 0 spiro atoms. The molecule has 1 aromatic carbocycles. The van der Waals surface area contributed by atoms with Crippen LogP contribution in [0, 0.1) is 5.92 Å². The highest BCUT2D eigenvalue weighted by Gasteiger charge is 2.45. The molecule has 3 fully saturated rings. The predicted octanol–water partition coefficient (Wildman–Crippen LogP) is -0.380. The van der Waals surface area contributed by atoms with E-state index in [-0.39, 0.29) is 31.3 Å². The molecule has 4 rings (SSSR count). The van der Waals surface area contributed by atoms with Crippen LogP contribution in [0.15, 0.2) is 24.3 Å². The van der Waals surface area contributed by atoms with Gasteiger partial charge in [0.1, 0.15) is 36.0 Å². The van der Waals surface area contributed by atoms with Crippen molar-refractivity contribution in [3.63, 3.8) is 0 Å². The average Bonchev–Trinajstić information content (AvgIpc) is 3.76. The Labute approximate surface area is 317 Å². The lowest BCUT2D eigenvalue weighted by atomic mass is 10.0. The number of phenols is 1. The summed E-state index contributed by atoms with van der Waals surface area (Å²) in [5.41, 5.74) is 0.0231. The Morgan fingerprint density at radius 3 is 2.11 bits per heavy atom. The zero-order valence-corrected chi connectivity index (χ0v) is 32.6. The number of nitrogens with one attached hydrogen (secondary N) is 6. The van der Waals surface area contributed by atoms with Gasteiger partial charge in [-0.2, -0.15) is 0 Å². The molecule has 0 unspecified atom stereocenters. The van der Waals surface area contributed by atoms with Crippen LogP contribution < -0.4 is 31.9 Å². The Morgan fingerprint density at radius 2 is 1.48 bits per heavy atom. The maximum Gasteiger partial charge on any atom is 0.246 e. The predicted molar refractivity (Wildman–Crippen MR) is 200 cm³/mol. The molecule has 0 aliphatic carbocycles. The molecule has 0 saturated carbocycles. The van der Waals surface area contributed by atoms with E-state index in [2.05, 4.69) is 31.9 Å². The molecule has 16 heteroatoms. The first-order valence-electron chi connectivity index (χ1n) is 19.1. The molecule has 3 saturated heterocycles. The maximum absolute atomic E-state index is 14.4. The van der Waals surface area contributed by atoms with Crippen molar-refractivity contribution < 1.29 is 39.0 Å². The Kier molecular flexibility index (Phi) is 14.4. The summed E-state index contributed by atoms with van der Waals surface area (Å²) in [6, 6.07) is -0.528. The number of amides is 6. The Morgan fingerprint density at radius 1 is 0.870 bits per heavy atom. The SMILES string of the molecule is CC(C)C[C@@H]1NC(=O)[C@H]2CCCN2C(=O)[C@H](Cc2ccc(O)cc2)NC(=O)[C@@H]2CCCN2[C@H](C(=O)NC(C)(C)C)[C@H](C)NC(=O)[C@H]([C@@H](C)O)NCNC1=O. The third kappa shape index (κ3) is 11.1. The van der Waals surface area contributed by atoms with E-state index in [0.717, 1.165) is 0 Å². The smallest absolute Gasteiger partial charge is 0.246 e. The lowest BCUT2D eigenvalue weighted by Gasteiger charge is -2.38. The van der Waals surface area contributed by atoms with Crippen LogP contribution in [0.2, 0.25) is 0 Å². The molecule has 1 aromatic rings. The molecule has 3 aliphatic rings. The van der Waals surface area contributed by atoms with Gasteiger partial charge in [-0.3, -0.25) is 39.0 Å². The number of fused-ring (bicyclic) bond motifs is 2. The second kappa shape index (κ2) is 18.4. The summed E-state index contributed by atoms with van der Waals surface area (Å²) < 4.78 is 0. The van der Waals surface area contributed by atoms with Crippen molar-refractivity contribution in [2.75, 3.05) is 19.8 Å². The van der Waals surface area contributed by atoms with Gasteiger partial charge in [-0.1, -0.05) is 26.0 Å². The van der Waals surface area contributed by atoms with Gasteiger partial charge in [0, 0.05) is 18.5 Å². The summed E-state index contributed by atoms with van der Waals surface area (Å²) in [4.78, 5) is 87.0. The molecule has 3 aliphatic heterocycles. The minimum absolute atomic E-state index is 0.0156. The average molecular weight is 757 g/mol. The van der Waals surface area contributed by atoms with Crippen LogP contribution in [0.3, 0.4) is 0 Å². The minimum atomic E-state index is -1.19. The number of hydrogen-bond donors (Lipinski definition) is 8. The van der Waals surface area contributed by atoms with E-state index in [4.69, 9.17) is 0 Å². The van der Waals surface area contributed by atoms with Crippen LogP contribution >= 0.6 is 0 Å². The fraction of sp³-hybridized carbons (Fsp3) is 0.684. The van der Waals surface area contributed by atoms with Gasteiger partial charge in [-0.05, 0) is 96.9 Å². The summed E-state index contributed by atoms with van der Waals surface area (Å²) in [5, 5.41) is 37.7. The van der Waals surface area contributed by atoms with Crippen LogP contribution in [0.4, 0.5) is 0 Å². The number of nitrogens with zero attached hydrogens (tertiary/aromatic N) is 2. The molecular weight excluding hydrogens is 696 g/mol. The van der Waals surface area contributed by atoms with Gasteiger partial charge in [0.05, 0.1) is 24.9 Å². The second-order valence-electron chi connectivity index (χ2n) is 16.3. The second-order valence-corrected chi connectivity index (χ2v) is 16.3. The Balaban J connectivity index is 1.76. The minimum Gasteiger partial charge on any atom is -0.508 e. The molecule has 0 radical (unpaired) electrons. The van der Waals surface area contributed by atoms with Gasteiger partial charge >= 0.3 is 0 Å². The number of aliphatic hydroxyl groups is 1. The van der Waals surface area contributed by atoms with Crippen molar-refractivity contribution in [3.05, 3.63) is 29.8 Å². The molecule has 8 atom stereocenters. The molecule has 3 heterocycles. The Hall–Kier alpha value is -4.28. The topological polar surface area (TPSA) is 222 Å². The van der Waals surface area contributed by atoms with Crippen LogP contribution in [-0.2, 0) is 35.2 Å². The highest BCUT2D eigenvalue weighted by molar-refractivity contribution is 5.96. The summed E-state index contributed by atoms with van der Waals surface area (Å²) in [5.74, 6) is -2.93. The highest BCUT2D eigenvalue weighted by atomic mass is 16.3. The zero-order valence-electron chi connectivity index (χ0n) is 32.6. The van der Waals surface area contributed by atoms with Crippen molar-refractivity contribution in [1.29, 1.82) is 0 Å². The van der Waals surface area contributed by atoms with Gasteiger partial charge in [-0.15, -0.1) is 0 Å². The fourth-order valence-electron chi connectivity index (χ4n) is 7.57. The number of carbonyl (C=O) groups excluding carboxylic acids is 6. The van der Waals surface area contributed by atoms with Gasteiger partial charge in [0.2, 0.25) is 35.4 Å². The molecule has 8 N–H and O–H groups in total. The first-order chi connectivity index (χ1) is 25.4. The zero-order chi connectivity index (χ0) is 39.9. The van der Waals surface area contributed by atoms with E-state index in [9.17, 15) is 39.0 Å².